The van der Waals surface area contributed by atoms with E-state index in [0.29, 0.717) is 13.2 Å². The van der Waals surface area contributed by atoms with Gasteiger partial charge in [0.2, 0.25) is 0 Å². The van der Waals surface area contributed by atoms with Crippen molar-refractivity contribution in [2.24, 2.45) is 0 Å². The van der Waals surface area contributed by atoms with Crippen LogP contribution in [-0.2, 0) is 4.74 Å². The molecule has 0 saturated carbocycles. The monoisotopic (exact) mass is 270 g/mol. The van der Waals surface area contributed by atoms with Gasteiger partial charge in [-0.3, -0.25) is 9.88 Å². The molecule has 1 saturated heterocycles. The minimum Gasteiger partial charge on any atom is -0.478 e. The molecule has 0 aliphatic carbocycles. The topological polar surface area (TPSA) is 62.7 Å². The van der Waals surface area contributed by atoms with Gasteiger partial charge in [0, 0.05) is 25.3 Å². The van der Waals surface area contributed by atoms with Crippen LogP contribution in [0.25, 0.3) is 0 Å². The van der Waals surface area contributed by atoms with E-state index in [1.165, 1.54) is 6.20 Å². The van der Waals surface area contributed by atoms with E-state index in [1.54, 1.807) is 6.07 Å². The standard InChI is InChI=1S/C12H15ClN2O3/c1-8(15-2-4-18-5-3-15)11-6-9(12(16)17)10(13)7-14-11/h6-8H,2-5H2,1H3,(H,16,17). The second kappa shape index (κ2) is 5.65. The van der Waals surface area contributed by atoms with E-state index >= 15 is 0 Å². The van der Waals surface area contributed by atoms with Crippen molar-refractivity contribution < 1.29 is 14.6 Å². The fourth-order valence-corrected chi connectivity index (χ4v) is 2.18. The van der Waals surface area contributed by atoms with Crippen LogP contribution in [0.2, 0.25) is 5.02 Å². The number of rotatable bonds is 3. The fourth-order valence-electron chi connectivity index (χ4n) is 2.00. The molecule has 1 atom stereocenters. The second-order valence-electron chi connectivity index (χ2n) is 4.22. The molecule has 1 aromatic rings. The summed E-state index contributed by atoms with van der Waals surface area (Å²) in [6.45, 7) is 5.06. The van der Waals surface area contributed by atoms with Crippen molar-refractivity contribution in [3.05, 3.63) is 28.5 Å². The van der Waals surface area contributed by atoms with Crippen LogP contribution in [0.5, 0.6) is 0 Å². The molecule has 0 spiro atoms. The van der Waals surface area contributed by atoms with E-state index in [0.717, 1.165) is 18.8 Å². The van der Waals surface area contributed by atoms with E-state index in [4.69, 9.17) is 21.4 Å². The smallest absolute Gasteiger partial charge is 0.337 e. The minimum atomic E-state index is -1.03. The lowest BCUT2D eigenvalue weighted by atomic mass is 10.1. The lowest BCUT2D eigenvalue weighted by molar-refractivity contribution is 0.0190. The first-order chi connectivity index (χ1) is 8.59. The molecule has 0 radical (unpaired) electrons. The highest BCUT2D eigenvalue weighted by molar-refractivity contribution is 6.33. The Hall–Kier alpha value is -1.17. The predicted molar refractivity (Wildman–Crippen MR) is 67.0 cm³/mol. The van der Waals surface area contributed by atoms with Crippen LogP contribution in [0.3, 0.4) is 0 Å². The van der Waals surface area contributed by atoms with Crippen molar-refractivity contribution >= 4 is 17.6 Å². The Bertz CT molecular complexity index is 447. The van der Waals surface area contributed by atoms with Gasteiger partial charge >= 0.3 is 5.97 Å². The third-order valence-corrected chi connectivity index (χ3v) is 3.43. The number of hydrogen-bond acceptors (Lipinski definition) is 4. The van der Waals surface area contributed by atoms with E-state index in [1.807, 2.05) is 6.92 Å². The van der Waals surface area contributed by atoms with Crippen LogP contribution in [0.1, 0.15) is 29.0 Å². The molecular weight excluding hydrogens is 256 g/mol. The lowest BCUT2D eigenvalue weighted by Gasteiger charge is -2.32. The van der Waals surface area contributed by atoms with Crippen molar-refractivity contribution in [2.45, 2.75) is 13.0 Å². The average Bonchev–Trinajstić information content (AvgIpc) is 2.39. The van der Waals surface area contributed by atoms with Crippen LogP contribution in [0.15, 0.2) is 12.3 Å². The molecular formula is C12H15ClN2O3. The number of pyridine rings is 1. The number of aromatic nitrogens is 1. The molecule has 0 amide bonds. The maximum Gasteiger partial charge on any atom is 0.337 e. The number of nitrogens with zero attached hydrogens (tertiary/aromatic N) is 2. The van der Waals surface area contributed by atoms with Crippen LogP contribution in [0, 0.1) is 0 Å². The predicted octanol–water partition coefficient (Wildman–Crippen LogP) is 1.83. The molecule has 98 valence electrons. The Balaban J connectivity index is 2.21. The summed E-state index contributed by atoms with van der Waals surface area (Å²) >= 11 is 5.80. The van der Waals surface area contributed by atoms with Crippen molar-refractivity contribution in [1.29, 1.82) is 0 Å². The summed E-state index contributed by atoms with van der Waals surface area (Å²) in [6.07, 6.45) is 1.40. The summed E-state index contributed by atoms with van der Waals surface area (Å²) in [7, 11) is 0. The molecule has 6 heteroatoms. The van der Waals surface area contributed by atoms with Gasteiger partial charge in [-0.1, -0.05) is 11.6 Å². The molecule has 1 unspecified atom stereocenters. The molecule has 1 aliphatic rings. The van der Waals surface area contributed by atoms with Gasteiger partial charge in [0.1, 0.15) is 0 Å². The molecule has 5 nitrogen and oxygen atoms in total. The number of hydrogen-bond donors (Lipinski definition) is 1. The van der Waals surface area contributed by atoms with E-state index in [-0.39, 0.29) is 16.6 Å². The highest BCUT2D eigenvalue weighted by Crippen LogP contribution is 2.23. The number of halogens is 1. The molecule has 1 aromatic heterocycles. The number of aromatic carboxylic acids is 1. The minimum absolute atomic E-state index is 0.0595. The van der Waals surface area contributed by atoms with Gasteiger partial charge in [-0.15, -0.1) is 0 Å². The van der Waals surface area contributed by atoms with Gasteiger partial charge in [0.05, 0.1) is 29.5 Å². The van der Waals surface area contributed by atoms with Crippen LogP contribution in [-0.4, -0.2) is 47.3 Å². The first kappa shape index (κ1) is 13.3. The van der Waals surface area contributed by atoms with Crippen LogP contribution < -0.4 is 0 Å². The Labute approximate surface area is 110 Å². The highest BCUT2D eigenvalue weighted by atomic mass is 35.5. The van der Waals surface area contributed by atoms with Gasteiger partial charge in [-0.05, 0) is 13.0 Å². The maximum atomic E-state index is 11.0. The van der Waals surface area contributed by atoms with Crippen LogP contribution >= 0.6 is 11.6 Å². The molecule has 1 aliphatic heterocycles. The van der Waals surface area contributed by atoms with Gasteiger partial charge in [-0.25, -0.2) is 4.79 Å². The molecule has 18 heavy (non-hydrogen) atoms. The molecule has 0 bridgehead atoms. The third-order valence-electron chi connectivity index (χ3n) is 3.13. The summed E-state index contributed by atoms with van der Waals surface area (Å²) in [4.78, 5) is 17.5. The number of carboxylic acids is 1. The van der Waals surface area contributed by atoms with Gasteiger partial charge in [0.25, 0.3) is 0 Å². The van der Waals surface area contributed by atoms with Crippen molar-refractivity contribution in [3.8, 4) is 0 Å². The van der Waals surface area contributed by atoms with Crippen molar-refractivity contribution in [2.75, 3.05) is 26.3 Å². The first-order valence-electron chi connectivity index (χ1n) is 5.80. The van der Waals surface area contributed by atoms with Gasteiger partial charge in [-0.2, -0.15) is 0 Å². The number of carbonyl (C=O) groups is 1. The SMILES string of the molecule is CC(c1cc(C(=O)O)c(Cl)cn1)N1CCOCC1. The summed E-state index contributed by atoms with van der Waals surface area (Å²) in [5, 5.41) is 9.20. The maximum absolute atomic E-state index is 11.0. The van der Waals surface area contributed by atoms with Crippen molar-refractivity contribution in [3.63, 3.8) is 0 Å². The molecule has 1 fully saturated rings. The third kappa shape index (κ3) is 2.80. The lowest BCUT2D eigenvalue weighted by Crippen LogP contribution is -2.38. The summed E-state index contributed by atoms with van der Waals surface area (Å²) in [6, 6.07) is 1.61. The zero-order chi connectivity index (χ0) is 13.1. The summed E-state index contributed by atoms with van der Waals surface area (Å²) in [5.74, 6) is -1.03. The van der Waals surface area contributed by atoms with E-state index < -0.39 is 5.97 Å². The molecule has 0 aromatic carbocycles. The summed E-state index contributed by atoms with van der Waals surface area (Å²) in [5.41, 5.74) is 0.820. The largest absolute Gasteiger partial charge is 0.478 e. The normalized spacial score (nSPS) is 18.6. The molecule has 2 rings (SSSR count). The highest BCUT2D eigenvalue weighted by Gasteiger charge is 2.21. The Morgan fingerprint density at radius 3 is 2.83 bits per heavy atom. The van der Waals surface area contributed by atoms with E-state index in [9.17, 15) is 4.79 Å². The quantitative estimate of drug-likeness (QED) is 0.908. The molecule has 1 N–H and O–H groups in total. The number of ether oxygens (including phenoxy) is 1. The van der Waals surface area contributed by atoms with Gasteiger partial charge < -0.3 is 9.84 Å². The first-order valence-corrected chi connectivity index (χ1v) is 6.18. The van der Waals surface area contributed by atoms with Gasteiger partial charge in [0.15, 0.2) is 0 Å². The Kier molecular flexibility index (Phi) is 4.16. The average molecular weight is 271 g/mol. The Morgan fingerprint density at radius 2 is 2.22 bits per heavy atom. The number of morpholine rings is 1. The zero-order valence-electron chi connectivity index (χ0n) is 10.1. The van der Waals surface area contributed by atoms with E-state index in [2.05, 4.69) is 9.88 Å². The fraction of sp³-hybridized carbons (Fsp3) is 0.500. The zero-order valence-corrected chi connectivity index (χ0v) is 10.9. The van der Waals surface area contributed by atoms with Crippen LogP contribution in [0.4, 0.5) is 0 Å². The number of carboxylic acid groups (broad SMARTS) is 1. The van der Waals surface area contributed by atoms with Crippen molar-refractivity contribution in [1.82, 2.24) is 9.88 Å². The molecule has 2 heterocycles. The Morgan fingerprint density at radius 1 is 1.56 bits per heavy atom. The summed E-state index contributed by atoms with van der Waals surface area (Å²) < 4.78 is 5.29. The second-order valence-corrected chi connectivity index (χ2v) is 4.63.